The average molecular weight is 334 g/mol. The molecule has 0 spiro atoms. The molecule has 0 bridgehead atoms. The van der Waals surface area contributed by atoms with Gasteiger partial charge in [-0.25, -0.2) is 4.98 Å². The van der Waals surface area contributed by atoms with Crippen LogP contribution >= 0.6 is 23.2 Å². The summed E-state index contributed by atoms with van der Waals surface area (Å²) in [5.74, 6) is -0.264. The van der Waals surface area contributed by atoms with E-state index in [1.165, 1.54) is 0 Å². The van der Waals surface area contributed by atoms with Gasteiger partial charge in [0, 0.05) is 6.20 Å². The predicted molar refractivity (Wildman–Crippen MR) is 89.0 cm³/mol. The number of nitrogens with one attached hydrogen (secondary N) is 1. The van der Waals surface area contributed by atoms with Gasteiger partial charge in [0.25, 0.3) is 5.91 Å². The van der Waals surface area contributed by atoms with E-state index in [1.807, 2.05) is 19.1 Å². The molecule has 0 unspecified atom stereocenters. The van der Waals surface area contributed by atoms with E-state index >= 15 is 0 Å². The summed E-state index contributed by atoms with van der Waals surface area (Å²) in [7, 11) is 0. The first-order valence-electron chi connectivity index (χ1n) is 6.82. The molecule has 6 heteroatoms. The number of aromatic nitrogens is 2. The summed E-state index contributed by atoms with van der Waals surface area (Å²) in [6.07, 6.45) is 2.33. The van der Waals surface area contributed by atoms with Gasteiger partial charge in [-0.2, -0.15) is 0 Å². The van der Waals surface area contributed by atoms with Crippen LogP contribution in [0.4, 0.5) is 5.69 Å². The number of amides is 1. The number of nitrogens with zero attached hydrogens (tertiary/aromatic N) is 2. The van der Waals surface area contributed by atoms with Gasteiger partial charge < -0.3 is 5.32 Å². The number of anilines is 1. The van der Waals surface area contributed by atoms with Gasteiger partial charge in [-0.05, 0) is 30.7 Å². The summed E-state index contributed by atoms with van der Waals surface area (Å²) in [4.78, 5) is 17.1. The Kier molecular flexibility index (Phi) is 4.05. The van der Waals surface area contributed by atoms with Crippen LogP contribution in [0.15, 0.2) is 42.6 Å². The summed E-state index contributed by atoms with van der Waals surface area (Å²) < 4.78 is 1.70. The Hall–Kier alpha value is -2.04. The molecule has 3 rings (SSSR count). The number of carbonyl (C=O) groups excluding carboxylic acids is 1. The summed E-state index contributed by atoms with van der Waals surface area (Å²) in [5, 5.41) is 3.85. The lowest BCUT2D eigenvalue weighted by atomic mass is 10.2. The van der Waals surface area contributed by atoms with E-state index in [9.17, 15) is 4.79 Å². The van der Waals surface area contributed by atoms with Crippen LogP contribution in [0, 0.1) is 0 Å². The number of fused-ring (bicyclic) bond motifs is 1. The van der Waals surface area contributed by atoms with Crippen molar-refractivity contribution in [1.29, 1.82) is 0 Å². The van der Waals surface area contributed by atoms with Crippen molar-refractivity contribution < 1.29 is 4.79 Å². The Morgan fingerprint density at radius 2 is 2.00 bits per heavy atom. The van der Waals surface area contributed by atoms with Gasteiger partial charge in [0.15, 0.2) is 0 Å². The highest BCUT2D eigenvalue weighted by Gasteiger charge is 2.19. The van der Waals surface area contributed by atoms with Gasteiger partial charge in [-0.1, -0.05) is 42.3 Å². The lowest BCUT2D eigenvalue weighted by Crippen LogP contribution is -2.16. The summed E-state index contributed by atoms with van der Waals surface area (Å²) in [6.45, 7) is 1.95. The Labute approximate surface area is 137 Å². The lowest BCUT2D eigenvalue weighted by Gasteiger charge is -2.08. The maximum atomic E-state index is 12.7. The smallest absolute Gasteiger partial charge is 0.274 e. The van der Waals surface area contributed by atoms with Crippen LogP contribution in [0.5, 0.6) is 0 Å². The Morgan fingerprint density at radius 3 is 2.73 bits per heavy atom. The van der Waals surface area contributed by atoms with Crippen molar-refractivity contribution in [2.24, 2.45) is 0 Å². The molecule has 0 aliphatic carbocycles. The highest BCUT2D eigenvalue weighted by atomic mass is 35.5. The van der Waals surface area contributed by atoms with Gasteiger partial charge in [0.05, 0.1) is 21.4 Å². The van der Waals surface area contributed by atoms with Crippen LogP contribution < -0.4 is 5.32 Å². The van der Waals surface area contributed by atoms with Crippen molar-refractivity contribution in [2.75, 3.05) is 5.32 Å². The normalized spacial score (nSPS) is 10.9. The summed E-state index contributed by atoms with van der Waals surface area (Å²) in [6, 6.07) is 10.6. The van der Waals surface area contributed by atoms with Gasteiger partial charge in [0.1, 0.15) is 11.3 Å². The van der Waals surface area contributed by atoms with E-state index < -0.39 is 0 Å². The lowest BCUT2D eigenvalue weighted by molar-refractivity contribution is 0.102. The third-order valence-corrected chi connectivity index (χ3v) is 3.88. The summed E-state index contributed by atoms with van der Waals surface area (Å²) in [5.41, 5.74) is 2.44. The number of pyridine rings is 1. The highest BCUT2D eigenvalue weighted by Crippen LogP contribution is 2.23. The molecule has 1 N–H and O–H groups in total. The van der Waals surface area contributed by atoms with Crippen molar-refractivity contribution in [3.63, 3.8) is 0 Å². The molecule has 0 saturated carbocycles. The number of aryl methyl sites for hydroxylation is 1. The van der Waals surface area contributed by atoms with E-state index in [4.69, 9.17) is 23.2 Å². The van der Waals surface area contributed by atoms with Crippen molar-refractivity contribution >= 4 is 40.4 Å². The van der Waals surface area contributed by atoms with E-state index in [-0.39, 0.29) is 5.91 Å². The number of rotatable bonds is 3. The van der Waals surface area contributed by atoms with Crippen molar-refractivity contribution in [3.05, 3.63) is 64.0 Å². The van der Waals surface area contributed by atoms with Crippen LogP contribution in [0.1, 0.15) is 23.1 Å². The topological polar surface area (TPSA) is 46.4 Å². The number of hydrogen-bond acceptors (Lipinski definition) is 2. The molecule has 1 amide bonds. The molecule has 112 valence electrons. The fraction of sp³-hybridized carbons (Fsp3) is 0.125. The monoisotopic (exact) mass is 333 g/mol. The average Bonchev–Trinajstić information content (AvgIpc) is 2.87. The van der Waals surface area contributed by atoms with Crippen LogP contribution in [0.3, 0.4) is 0 Å². The number of benzene rings is 1. The second-order valence-corrected chi connectivity index (χ2v) is 5.61. The standard InChI is InChI=1S/C16H13Cl2N3O/c1-2-12-15(21-9-10(17)7-8-14(21)19-12)16(22)20-13-6-4-3-5-11(13)18/h3-9H,2H2,1H3,(H,20,22). The van der Waals surface area contributed by atoms with Crippen molar-refractivity contribution in [2.45, 2.75) is 13.3 Å². The predicted octanol–water partition coefficient (Wildman–Crippen LogP) is 4.46. The van der Waals surface area contributed by atoms with Gasteiger partial charge >= 0.3 is 0 Å². The third-order valence-electron chi connectivity index (χ3n) is 3.33. The van der Waals surface area contributed by atoms with Crippen LogP contribution in [-0.2, 0) is 6.42 Å². The van der Waals surface area contributed by atoms with Gasteiger partial charge in [-0.3, -0.25) is 9.20 Å². The third kappa shape index (κ3) is 2.67. The molecule has 22 heavy (non-hydrogen) atoms. The van der Waals surface area contributed by atoms with E-state index in [2.05, 4.69) is 10.3 Å². The Bertz CT molecular complexity index is 858. The van der Waals surface area contributed by atoms with E-state index in [1.54, 1.807) is 34.9 Å². The molecule has 0 radical (unpaired) electrons. The number of carbonyl (C=O) groups is 1. The first-order valence-corrected chi connectivity index (χ1v) is 7.58. The number of halogens is 2. The molecule has 1 aromatic carbocycles. The fourth-order valence-electron chi connectivity index (χ4n) is 2.30. The zero-order valence-corrected chi connectivity index (χ0v) is 13.3. The zero-order chi connectivity index (χ0) is 15.7. The molecule has 0 atom stereocenters. The second kappa shape index (κ2) is 5.99. The Balaban J connectivity index is 2.06. The Morgan fingerprint density at radius 1 is 1.23 bits per heavy atom. The maximum Gasteiger partial charge on any atom is 0.274 e. The SMILES string of the molecule is CCc1nc2ccc(Cl)cn2c1C(=O)Nc1ccccc1Cl. The minimum atomic E-state index is -0.264. The molecule has 4 nitrogen and oxygen atoms in total. The number of hydrogen-bond donors (Lipinski definition) is 1. The van der Waals surface area contributed by atoms with Gasteiger partial charge in [0.2, 0.25) is 0 Å². The molecule has 0 aliphatic rings. The zero-order valence-electron chi connectivity index (χ0n) is 11.8. The quantitative estimate of drug-likeness (QED) is 0.769. The minimum Gasteiger partial charge on any atom is -0.319 e. The first-order chi connectivity index (χ1) is 10.6. The van der Waals surface area contributed by atoms with E-state index in [0.717, 1.165) is 0 Å². The van der Waals surface area contributed by atoms with E-state index in [0.29, 0.717) is 39.2 Å². The molecule has 2 aromatic heterocycles. The first kappa shape index (κ1) is 14.9. The molecule has 2 heterocycles. The molecule has 3 aromatic rings. The molecule has 0 fully saturated rings. The molecule has 0 saturated heterocycles. The van der Waals surface area contributed by atoms with Crippen LogP contribution in [-0.4, -0.2) is 15.3 Å². The van der Waals surface area contributed by atoms with Crippen LogP contribution in [0.2, 0.25) is 10.0 Å². The van der Waals surface area contributed by atoms with Crippen molar-refractivity contribution in [1.82, 2.24) is 9.38 Å². The molecular formula is C16H13Cl2N3O. The molecular weight excluding hydrogens is 321 g/mol. The highest BCUT2D eigenvalue weighted by molar-refractivity contribution is 6.34. The fourth-order valence-corrected chi connectivity index (χ4v) is 2.64. The maximum absolute atomic E-state index is 12.7. The largest absolute Gasteiger partial charge is 0.319 e. The van der Waals surface area contributed by atoms with Crippen molar-refractivity contribution in [3.8, 4) is 0 Å². The number of imidazole rings is 1. The second-order valence-electron chi connectivity index (χ2n) is 4.77. The number of para-hydroxylation sites is 1. The van der Waals surface area contributed by atoms with Crippen LogP contribution in [0.25, 0.3) is 5.65 Å². The molecule has 0 aliphatic heterocycles. The minimum absolute atomic E-state index is 0.264. The van der Waals surface area contributed by atoms with Gasteiger partial charge in [-0.15, -0.1) is 0 Å². The summed E-state index contributed by atoms with van der Waals surface area (Å²) >= 11 is 12.1.